The smallest absolute Gasteiger partial charge is 0.217 e. The third-order valence-corrected chi connectivity index (χ3v) is 7.56. The summed E-state index contributed by atoms with van der Waals surface area (Å²) in [4.78, 5) is -2.99. The number of fused-ring (bicyclic) bond motifs is 5. The van der Waals surface area contributed by atoms with Gasteiger partial charge in [0.2, 0.25) is 5.79 Å². The van der Waals surface area contributed by atoms with Crippen LogP contribution in [0.25, 0.3) is 0 Å². The first kappa shape index (κ1) is 16.3. The summed E-state index contributed by atoms with van der Waals surface area (Å²) in [7, 11) is 2.75. The van der Waals surface area contributed by atoms with Crippen molar-refractivity contribution in [1.82, 2.24) is 0 Å². The number of ether oxygens (including phenoxy) is 2. The number of aliphatic hydroxyl groups is 2. The van der Waals surface area contributed by atoms with Crippen LogP contribution in [0.2, 0.25) is 0 Å². The lowest BCUT2D eigenvalue weighted by Crippen LogP contribution is -2.58. The van der Waals surface area contributed by atoms with Crippen LogP contribution in [0.15, 0.2) is 22.2 Å². The van der Waals surface area contributed by atoms with Crippen LogP contribution in [0, 0.1) is 11.8 Å². The van der Waals surface area contributed by atoms with Crippen LogP contribution in [0.4, 0.5) is 0 Å². The second kappa shape index (κ2) is 4.74. The van der Waals surface area contributed by atoms with E-state index in [4.69, 9.17) is 55.9 Å². The molecule has 0 amide bonds. The van der Waals surface area contributed by atoms with Gasteiger partial charge in [-0.25, -0.2) is 0 Å². The highest BCUT2D eigenvalue weighted by molar-refractivity contribution is 6.52. The highest BCUT2D eigenvalue weighted by atomic mass is 35.5. The third kappa shape index (κ3) is 1.45. The van der Waals surface area contributed by atoms with E-state index in [1.807, 2.05) is 0 Å². The Balaban J connectivity index is 2.34. The fourth-order valence-corrected chi connectivity index (χ4v) is 6.41. The standard InChI is InChI=1S/C13H14Cl4O4/c1-20-13(21-2)11(16)7-5(18)3-4-6(19)8(7)12(13,17)10(15)9(11)14/h3-8,18-19H,1-2H3/t5-,6+,7-,8+,11?,12?. The quantitative estimate of drug-likeness (QED) is 0.441. The van der Waals surface area contributed by atoms with Gasteiger partial charge in [0.05, 0.1) is 22.3 Å². The van der Waals surface area contributed by atoms with Crippen molar-refractivity contribution in [2.75, 3.05) is 14.2 Å². The molecule has 0 aromatic rings. The van der Waals surface area contributed by atoms with Crippen LogP contribution in [-0.4, -0.2) is 52.2 Å². The summed E-state index contributed by atoms with van der Waals surface area (Å²) in [5, 5.41) is 20.9. The molecule has 2 bridgehead atoms. The Morgan fingerprint density at radius 2 is 1.24 bits per heavy atom. The molecule has 0 heterocycles. The van der Waals surface area contributed by atoms with Crippen LogP contribution in [-0.2, 0) is 9.47 Å². The molecule has 3 aliphatic rings. The minimum absolute atomic E-state index is 0.0762. The number of methoxy groups -OCH3 is 2. The first-order chi connectivity index (χ1) is 9.74. The Morgan fingerprint density at radius 1 is 0.905 bits per heavy atom. The maximum atomic E-state index is 10.3. The summed E-state index contributed by atoms with van der Waals surface area (Å²) in [6.45, 7) is 0. The predicted octanol–water partition coefficient (Wildman–Crippen LogP) is 2.17. The van der Waals surface area contributed by atoms with Crippen molar-refractivity contribution in [3.05, 3.63) is 22.2 Å². The molecule has 3 aliphatic carbocycles. The summed E-state index contributed by atoms with van der Waals surface area (Å²) in [5.41, 5.74) is 0. The molecule has 0 aromatic heterocycles. The Morgan fingerprint density at radius 3 is 1.52 bits per heavy atom. The van der Waals surface area contributed by atoms with E-state index in [0.717, 1.165) is 0 Å². The van der Waals surface area contributed by atoms with Crippen LogP contribution in [0.3, 0.4) is 0 Å². The number of aliphatic hydroxyl groups excluding tert-OH is 2. The van der Waals surface area contributed by atoms with Crippen molar-refractivity contribution in [3.8, 4) is 0 Å². The zero-order valence-electron chi connectivity index (χ0n) is 11.2. The van der Waals surface area contributed by atoms with Gasteiger partial charge in [0.15, 0.2) is 0 Å². The molecular weight excluding hydrogens is 362 g/mol. The van der Waals surface area contributed by atoms with Gasteiger partial charge in [0.1, 0.15) is 9.75 Å². The van der Waals surface area contributed by atoms with E-state index in [2.05, 4.69) is 0 Å². The van der Waals surface area contributed by atoms with Gasteiger partial charge in [-0.2, -0.15) is 0 Å². The fraction of sp³-hybridized carbons (Fsp3) is 0.692. The molecule has 2 N–H and O–H groups in total. The average Bonchev–Trinajstić information content (AvgIpc) is 2.72. The molecule has 1 saturated carbocycles. The van der Waals surface area contributed by atoms with Gasteiger partial charge >= 0.3 is 0 Å². The molecule has 8 heteroatoms. The lowest BCUT2D eigenvalue weighted by Gasteiger charge is -2.41. The summed E-state index contributed by atoms with van der Waals surface area (Å²) in [6, 6.07) is 0. The van der Waals surface area contributed by atoms with Crippen LogP contribution >= 0.6 is 46.4 Å². The number of rotatable bonds is 2. The topological polar surface area (TPSA) is 58.9 Å². The van der Waals surface area contributed by atoms with E-state index in [0.29, 0.717) is 0 Å². The molecule has 0 radical (unpaired) electrons. The van der Waals surface area contributed by atoms with Crippen molar-refractivity contribution in [2.24, 2.45) is 11.8 Å². The Labute approximate surface area is 142 Å². The molecule has 2 unspecified atom stereocenters. The van der Waals surface area contributed by atoms with Crippen molar-refractivity contribution in [3.63, 3.8) is 0 Å². The molecule has 4 nitrogen and oxygen atoms in total. The Bertz CT molecular complexity index is 504. The molecule has 1 fully saturated rings. The van der Waals surface area contributed by atoms with Gasteiger partial charge in [-0.05, 0) is 0 Å². The molecule has 0 saturated heterocycles. The predicted molar refractivity (Wildman–Crippen MR) is 80.8 cm³/mol. The van der Waals surface area contributed by atoms with Crippen LogP contribution in [0.1, 0.15) is 0 Å². The van der Waals surface area contributed by atoms with Crippen LogP contribution in [0.5, 0.6) is 0 Å². The van der Waals surface area contributed by atoms with Gasteiger partial charge < -0.3 is 19.7 Å². The maximum Gasteiger partial charge on any atom is 0.217 e. The van der Waals surface area contributed by atoms with Gasteiger partial charge in [-0.1, -0.05) is 35.4 Å². The highest BCUT2D eigenvalue weighted by Gasteiger charge is 2.86. The summed E-state index contributed by atoms with van der Waals surface area (Å²) < 4.78 is 11.0. The molecule has 21 heavy (non-hydrogen) atoms. The second-order valence-corrected chi connectivity index (χ2v) is 7.44. The third-order valence-electron chi connectivity index (χ3n) is 4.91. The van der Waals surface area contributed by atoms with Crippen molar-refractivity contribution in [1.29, 1.82) is 0 Å². The lowest BCUT2D eigenvalue weighted by atomic mass is 9.72. The zero-order chi connectivity index (χ0) is 15.8. The number of halogens is 4. The summed E-state index contributed by atoms with van der Waals surface area (Å²) >= 11 is 26.2. The first-order valence-electron chi connectivity index (χ1n) is 6.32. The monoisotopic (exact) mass is 374 g/mol. The normalized spacial score (nSPS) is 50.7. The van der Waals surface area contributed by atoms with Gasteiger partial charge in [-0.15, -0.1) is 23.2 Å². The van der Waals surface area contributed by atoms with E-state index in [1.165, 1.54) is 26.4 Å². The number of hydrogen-bond acceptors (Lipinski definition) is 4. The SMILES string of the molecule is COC1(OC)C2(Cl)C(Cl)=C(Cl)C1(Cl)[C@H]1[C@@H]2[C@@H](O)C=C[C@H]1O. The lowest BCUT2D eigenvalue weighted by molar-refractivity contribution is -0.222. The van der Waals surface area contributed by atoms with E-state index in [1.54, 1.807) is 0 Å². The maximum absolute atomic E-state index is 10.3. The number of hydrogen-bond donors (Lipinski definition) is 2. The average molecular weight is 376 g/mol. The fourth-order valence-electron chi connectivity index (χ4n) is 4.14. The van der Waals surface area contributed by atoms with Crippen LogP contribution < -0.4 is 0 Å². The van der Waals surface area contributed by atoms with E-state index in [9.17, 15) is 10.2 Å². The summed E-state index contributed by atoms with van der Waals surface area (Å²) in [6.07, 6.45) is 1.01. The molecule has 0 aliphatic heterocycles. The van der Waals surface area contributed by atoms with E-state index < -0.39 is 39.6 Å². The molecule has 0 aromatic carbocycles. The zero-order valence-corrected chi connectivity index (χ0v) is 14.2. The van der Waals surface area contributed by atoms with Gasteiger partial charge in [0, 0.05) is 26.1 Å². The van der Waals surface area contributed by atoms with Gasteiger partial charge in [-0.3, -0.25) is 0 Å². The second-order valence-electron chi connectivity index (χ2n) is 5.49. The van der Waals surface area contributed by atoms with Crippen molar-refractivity contribution < 1.29 is 19.7 Å². The Kier molecular flexibility index (Phi) is 3.69. The molecule has 118 valence electrons. The molecular formula is C13H14Cl4O4. The minimum atomic E-state index is -1.60. The largest absolute Gasteiger partial charge is 0.389 e. The molecule has 3 rings (SSSR count). The highest BCUT2D eigenvalue weighted by Crippen LogP contribution is 2.75. The Hall–Kier alpha value is 0.480. The van der Waals surface area contributed by atoms with E-state index >= 15 is 0 Å². The molecule has 6 atom stereocenters. The van der Waals surface area contributed by atoms with E-state index in [-0.39, 0.29) is 10.1 Å². The number of alkyl halides is 2. The molecule has 0 spiro atoms. The summed E-state index contributed by atoms with van der Waals surface area (Å²) in [5.74, 6) is -3.00. The first-order valence-corrected chi connectivity index (χ1v) is 7.84. The minimum Gasteiger partial charge on any atom is -0.389 e. The van der Waals surface area contributed by atoms with Crippen molar-refractivity contribution >= 4 is 46.4 Å². The van der Waals surface area contributed by atoms with Gasteiger partial charge in [0.25, 0.3) is 0 Å². The van der Waals surface area contributed by atoms with Crippen molar-refractivity contribution in [2.45, 2.75) is 27.7 Å².